The Labute approximate surface area is 141 Å². The lowest BCUT2D eigenvalue weighted by Gasteiger charge is -2.42. The van der Waals surface area contributed by atoms with E-state index >= 15 is 0 Å². The monoisotopic (exact) mass is 378 g/mol. The standard InChI is InChI=1S/C14H34O4Si4/c1-13-14(2,3)15-22(12,17-20(7,8)9)18-21(10,11)16-19(4,5)6/h1H,2-12H3. The van der Waals surface area contributed by atoms with Crippen molar-refractivity contribution in [2.75, 3.05) is 0 Å². The molecule has 0 saturated carbocycles. The van der Waals surface area contributed by atoms with Crippen molar-refractivity contribution in [3.05, 3.63) is 0 Å². The highest BCUT2D eigenvalue weighted by atomic mass is 28.5. The number of hydrogen-bond donors (Lipinski definition) is 0. The fraction of sp³-hybridized carbons (Fsp3) is 0.857. The minimum atomic E-state index is -2.90. The van der Waals surface area contributed by atoms with Crippen LogP contribution in [0.15, 0.2) is 0 Å². The molecule has 1 unspecified atom stereocenters. The zero-order valence-electron chi connectivity index (χ0n) is 16.2. The van der Waals surface area contributed by atoms with Crippen molar-refractivity contribution < 1.29 is 16.8 Å². The second-order valence-corrected chi connectivity index (χ2v) is 24.2. The summed E-state index contributed by atoms with van der Waals surface area (Å²) in [6, 6.07) is 0. The summed E-state index contributed by atoms with van der Waals surface area (Å²) in [4.78, 5) is 0. The van der Waals surface area contributed by atoms with Gasteiger partial charge in [-0.25, -0.2) is 0 Å². The van der Waals surface area contributed by atoms with Crippen LogP contribution in [0.5, 0.6) is 0 Å². The first-order valence-corrected chi connectivity index (χ1v) is 19.5. The van der Waals surface area contributed by atoms with Crippen LogP contribution in [0.4, 0.5) is 0 Å². The zero-order valence-corrected chi connectivity index (χ0v) is 20.2. The Morgan fingerprint density at radius 3 is 1.45 bits per heavy atom. The molecular formula is C14H34O4Si4. The molecule has 0 bridgehead atoms. The molecule has 0 aromatic rings. The molecule has 0 radical (unpaired) electrons. The first-order valence-electron chi connectivity index (χ1n) is 7.67. The first-order chi connectivity index (χ1) is 9.39. The second kappa shape index (κ2) is 7.02. The molecule has 0 rings (SSSR count). The molecule has 0 N–H and O–H groups in total. The highest BCUT2D eigenvalue weighted by molar-refractivity contribution is 6.87. The molecular weight excluding hydrogens is 344 g/mol. The fourth-order valence-electron chi connectivity index (χ4n) is 2.32. The quantitative estimate of drug-likeness (QED) is 0.463. The van der Waals surface area contributed by atoms with Crippen LogP contribution in [0, 0.1) is 12.3 Å². The minimum Gasteiger partial charge on any atom is -0.437 e. The summed E-state index contributed by atoms with van der Waals surface area (Å²) < 4.78 is 25.2. The van der Waals surface area contributed by atoms with Gasteiger partial charge in [0.05, 0.1) is 0 Å². The van der Waals surface area contributed by atoms with Crippen LogP contribution >= 0.6 is 0 Å². The van der Waals surface area contributed by atoms with E-state index in [1.165, 1.54) is 0 Å². The van der Waals surface area contributed by atoms with Crippen LogP contribution in [-0.2, 0) is 16.8 Å². The normalized spacial score (nSPS) is 17.0. The van der Waals surface area contributed by atoms with Crippen molar-refractivity contribution in [2.45, 2.75) is 78.4 Å². The molecule has 0 saturated heterocycles. The average molecular weight is 379 g/mol. The molecule has 0 aliphatic carbocycles. The van der Waals surface area contributed by atoms with Gasteiger partial charge >= 0.3 is 17.4 Å². The minimum absolute atomic E-state index is 0.718. The van der Waals surface area contributed by atoms with Gasteiger partial charge in [0, 0.05) is 6.55 Å². The molecule has 0 amide bonds. The van der Waals surface area contributed by atoms with Crippen molar-refractivity contribution >= 4 is 34.0 Å². The van der Waals surface area contributed by atoms with Gasteiger partial charge in [-0.05, 0) is 66.2 Å². The first kappa shape index (κ1) is 22.3. The molecule has 0 fully saturated rings. The molecule has 4 nitrogen and oxygen atoms in total. The maximum Gasteiger partial charge on any atom is 0.479 e. The number of hydrogen-bond acceptors (Lipinski definition) is 4. The molecule has 0 spiro atoms. The van der Waals surface area contributed by atoms with Crippen LogP contribution in [-0.4, -0.2) is 39.6 Å². The summed E-state index contributed by atoms with van der Waals surface area (Å²) in [5.74, 6) is 2.67. The van der Waals surface area contributed by atoms with E-state index in [1.54, 1.807) is 0 Å². The van der Waals surface area contributed by atoms with Gasteiger partial charge < -0.3 is 16.8 Å². The molecule has 0 aromatic carbocycles. The Hall–Kier alpha value is 0.268. The Balaban J connectivity index is 5.38. The van der Waals surface area contributed by atoms with E-state index in [0.29, 0.717) is 0 Å². The van der Waals surface area contributed by atoms with Crippen LogP contribution in [0.3, 0.4) is 0 Å². The highest BCUT2D eigenvalue weighted by Crippen LogP contribution is 2.28. The van der Waals surface area contributed by atoms with E-state index in [1.807, 2.05) is 20.4 Å². The van der Waals surface area contributed by atoms with Gasteiger partial charge in [0.1, 0.15) is 5.60 Å². The third kappa shape index (κ3) is 10.1. The SMILES string of the molecule is C#CC(C)(C)O[Si](C)(O[Si](C)(C)C)O[Si](C)(C)O[Si](C)(C)C. The lowest BCUT2D eigenvalue weighted by atomic mass is 10.2. The Bertz CT molecular complexity index is 418. The van der Waals surface area contributed by atoms with E-state index in [9.17, 15) is 0 Å². The van der Waals surface area contributed by atoms with Crippen molar-refractivity contribution in [1.82, 2.24) is 0 Å². The van der Waals surface area contributed by atoms with Crippen molar-refractivity contribution in [1.29, 1.82) is 0 Å². The average Bonchev–Trinajstić information content (AvgIpc) is 2.06. The maximum absolute atomic E-state index is 6.40. The van der Waals surface area contributed by atoms with E-state index in [2.05, 4.69) is 58.3 Å². The third-order valence-electron chi connectivity index (χ3n) is 2.26. The topological polar surface area (TPSA) is 36.9 Å². The zero-order chi connectivity index (χ0) is 18.0. The van der Waals surface area contributed by atoms with Crippen molar-refractivity contribution in [2.24, 2.45) is 0 Å². The third-order valence-corrected chi connectivity index (χ3v) is 14.9. The van der Waals surface area contributed by atoms with Gasteiger partial charge in [-0.1, -0.05) is 5.92 Å². The van der Waals surface area contributed by atoms with E-state index < -0.39 is 39.6 Å². The molecule has 0 aliphatic rings. The molecule has 8 heteroatoms. The molecule has 0 heterocycles. The molecule has 0 aliphatic heterocycles. The summed E-state index contributed by atoms with van der Waals surface area (Å²) in [6.45, 7) is 22.6. The Morgan fingerprint density at radius 2 is 1.14 bits per heavy atom. The fourth-order valence-corrected chi connectivity index (χ4v) is 18.6. The van der Waals surface area contributed by atoms with Crippen LogP contribution in [0.25, 0.3) is 0 Å². The number of terminal acetylenes is 1. The smallest absolute Gasteiger partial charge is 0.437 e. The number of rotatable bonds is 8. The summed E-state index contributed by atoms with van der Waals surface area (Å²) in [5, 5.41) is 0. The van der Waals surface area contributed by atoms with Gasteiger partial charge in [0.15, 0.2) is 16.6 Å². The van der Waals surface area contributed by atoms with Gasteiger partial charge in [-0.3, -0.25) is 0 Å². The Kier molecular flexibility index (Phi) is 7.11. The Morgan fingerprint density at radius 1 is 0.727 bits per heavy atom. The van der Waals surface area contributed by atoms with Gasteiger partial charge in [-0.2, -0.15) is 0 Å². The van der Waals surface area contributed by atoms with Crippen molar-refractivity contribution in [3.8, 4) is 12.3 Å². The van der Waals surface area contributed by atoms with E-state index in [0.717, 1.165) is 0 Å². The summed E-state index contributed by atoms with van der Waals surface area (Å²) in [6.07, 6.45) is 5.58. The van der Waals surface area contributed by atoms with Gasteiger partial charge in [0.2, 0.25) is 0 Å². The summed E-state index contributed by atoms with van der Waals surface area (Å²) >= 11 is 0. The van der Waals surface area contributed by atoms with Gasteiger partial charge in [-0.15, -0.1) is 6.42 Å². The van der Waals surface area contributed by atoms with E-state index in [4.69, 9.17) is 23.2 Å². The van der Waals surface area contributed by atoms with Gasteiger partial charge in [0.25, 0.3) is 0 Å². The second-order valence-electron chi connectivity index (χ2n) is 8.55. The van der Waals surface area contributed by atoms with Crippen molar-refractivity contribution in [3.63, 3.8) is 0 Å². The molecule has 0 aromatic heterocycles. The molecule has 22 heavy (non-hydrogen) atoms. The summed E-state index contributed by atoms with van der Waals surface area (Å²) in [5.41, 5.74) is -0.718. The predicted molar refractivity (Wildman–Crippen MR) is 103 cm³/mol. The predicted octanol–water partition coefficient (Wildman–Crippen LogP) is 4.40. The molecule has 1 atom stereocenters. The maximum atomic E-state index is 6.40. The van der Waals surface area contributed by atoms with Crippen LogP contribution in [0.1, 0.15) is 13.8 Å². The van der Waals surface area contributed by atoms with Crippen LogP contribution < -0.4 is 0 Å². The largest absolute Gasteiger partial charge is 0.479 e. The summed E-state index contributed by atoms with van der Waals surface area (Å²) in [7, 11) is -8.80. The lowest BCUT2D eigenvalue weighted by Crippen LogP contribution is -2.60. The molecule has 130 valence electrons. The van der Waals surface area contributed by atoms with Crippen LogP contribution in [0.2, 0.25) is 58.9 Å². The van der Waals surface area contributed by atoms with E-state index in [-0.39, 0.29) is 0 Å². The lowest BCUT2D eigenvalue weighted by molar-refractivity contribution is 0.0758. The highest BCUT2D eigenvalue weighted by Gasteiger charge is 2.49.